The number of benzene rings is 2. The summed E-state index contributed by atoms with van der Waals surface area (Å²) in [6.07, 6.45) is 0. The molecule has 9 heteroatoms. The van der Waals surface area contributed by atoms with Crippen molar-refractivity contribution < 1.29 is 14.4 Å². The Kier molecular flexibility index (Phi) is 6.64. The van der Waals surface area contributed by atoms with E-state index < -0.39 is 24.3 Å². The maximum atomic E-state index is 11.8. The predicted octanol–water partition coefficient (Wildman–Crippen LogP) is 3.34. The third-order valence-corrected chi connectivity index (χ3v) is 3.74. The summed E-state index contributed by atoms with van der Waals surface area (Å²) in [7, 11) is 0. The number of hydrogen-bond donors (Lipinski definition) is 3. The number of rotatable bonds is 4. The first-order valence-corrected chi connectivity index (χ1v) is 8.08. The minimum absolute atomic E-state index is 0.296. The highest BCUT2D eigenvalue weighted by Gasteiger charge is 2.15. The fraction of sp³-hybridized carbons (Fsp3) is 0.0625. The lowest BCUT2D eigenvalue weighted by Gasteiger charge is -2.09. The molecule has 0 aliphatic carbocycles. The van der Waals surface area contributed by atoms with Crippen molar-refractivity contribution in [1.29, 1.82) is 0 Å². The molecule has 0 unspecified atom stereocenters. The van der Waals surface area contributed by atoms with Gasteiger partial charge in [0.2, 0.25) is 5.91 Å². The van der Waals surface area contributed by atoms with Gasteiger partial charge in [-0.25, -0.2) is 0 Å². The topological polar surface area (TPSA) is 87.3 Å². The molecule has 2 rings (SSSR count). The van der Waals surface area contributed by atoms with Crippen LogP contribution in [0.3, 0.4) is 0 Å². The van der Waals surface area contributed by atoms with Crippen LogP contribution in [0, 0.1) is 0 Å². The maximum absolute atomic E-state index is 11.8. The van der Waals surface area contributed by atoms with Gasteiger partial charge in [0.1, 0.15) is 0 Å². The van der Waals surface area contributed by atoms with Crippen LogP contribution in [0.15, 0.2) is 42.5 Å². The van der Waals surface area contributed by atoms with Gasteiger partial charge in [0.25, 0.3) is 0 Å². The van der Waals surface area contributed by atoms with Crippen molar-refractivity contribution in [2.24, 2.45) is 0 Å². The van der Waals surface area contributed by atoms with E-state index in [1.165, 1.54) is 12.1 Å². The van der Waals surface area contributed by atoms with Crippen LogP contribution in [0.5, 0.6) is 0 Å². The van der Waals surface area contributed by atoms with Gasteiger partial charge in [-0.15, -0.1) is 0 Å². The molecule has 130 valence electrons. The zero-order valence-electron chi connectivity index (χ0n) is 12.6. The number of anilines is 2. The zero-order chi connectivity index (χ0) is 18.4. The van der Waals surface area contributed by atoms with E-state index >= 15 is 0 Å². The van der Waals surface area contributed by atoms with Crippen molar-refractivity contribution in [2.45, 2.75) is 0 Å². The van der Waals surface area contributed by atoms with E-state index in [1.54, 1.807) is 30.3 Å². The van der Waals surface area contributed by atoms with E-state index in [0.29, 0.717) is 26.4 Å². The third kappa shape index (κ3) is 5.94. The highest BCUT2D eigenvalue weighted by Crippen LogP contribution is 2.25. The van der Waals surface area contributed by atoms with Crippen molar-refractivity contribution in [3.63, 3.8) is 0 Å². The van der Waals surface area contributed by atoms with Gasteiger partial charge in [0.15, 0.2) is 0 Å². The Balaban J connectivity index is 1.84. The summed E-state index contributed by atoms with van der Waals surface area (Å²) in [5, 5.41) is 8.26. The minimum Gasteiger partial charge on any atom is -0.339 e. The third-order valence-electron chi connectivity index (χ3n) is 2.92. The van der Waals surface area contributed by atoms with Crippen LogP contribution in [0.4, 0.5) is 11.4 Å². The Bertz CT molecular complexity index is 810. The molecule has 0 atom stereocenters. The summed E-state index contributed by atoms with van der Waals surface area (Å²) in [4.78, 5) is 35.3. The molecular formula is C16H12Cl3N3O3. The Morgan fingerprint density at radius 2 is 1.44 bits per heavy atom. The summed E-state index contributed by atoms with van der Waals surface area (Å²) in [6, 6.07) is 10.8. The summed E-state index contributed by atoms with van der Waals surface area (Å²) < 4.78 is 0. The molecule has 0 aliphatic rings. The fourth-order valence-corrected chi connectivity index (χ4v) is 2.21. The molecular weight excluding hydrogens is 389 g/mol. The van der Waals surface area contributed by atoms with Crippen LogP contribution >= 0.6 is 34.8 Å². The van der Waals surface area contributed by atoms with Gasteiger partial charge in [-0.05, 0) is 42.5 Å². The molecule has 25 heavy (non-hydrogen) atoms. The highest BCUT2D eigenvalue weighted by molar-refractivity contribution is 6.40. The monoisotopic (exact) mass is 399 g/mol. The second-order valence-electron chi connectivity index (χ2n) is 4.82. The zero-order valence-corrected chi connectivity index (χ0v) is 14.9. The number of nitrogens with one attached hydrogen (secondary N) is 3. The molecule has 3 amide bonds. The van der Waals surface area contributed by atoms with Gasteiger partial charge in [-0.1, -0.05) is 34.8 Å². The molecule has 0 aliphatic heterocycles. The second-order valence-corrected chi connectivity index (χ2v) is 6.10. The smallest absolute Gasteiger partial charge is 0.313 e. The summed E-state index contributed by atoms with van der Waals surface area (Å²) >= 11 is 17.5. The molecule has 3 N–H and O–H groups in total. The fourth-order valence-electron chi connectivity index (χ4n) is 1.75. The Morgan fingerprint density at radius 3 is 2.12 bits per heavy atom. The first-order valence-electron chi connectivity index (χ1n) is 6.95. The van der Waals surface area contributed by atoms with Crippen LogP contribution in [-0.2, 0) is 14.4 Å². The van der Waals surface area contributed by atoms with Crippen molar-refractivity contribution in [3.05, 3.63) is 57.5 Å². The number of halogens is 3. The van der Waals surface area contributed by atoms with Gasteiger partial charge in [-0.2, -0.15) is 0 Å². The molecule has 0 heterocycles. The molecule has 0 radical (unpaired) electrons. The minimum atomic E-state index is -0.956. The van der Waals surface area contributed by atoms with Gasteiger partial charge >= 0.3 is 11.8 Å². The largest absolute Gasteiger partial charge is 0.339 e. The van der Waals surface area contributed by atoms with Gasteiger partial charge in [0, 0.05) is 15.7 Å². The first-order chi connectivity index (χ1) is 11.8. The average Bonchev–Trinajstić information content (AvgIpc) is 2.58. The highest BCUT2D eigenvalue weighted by atomic mass is 35.5. The van der Waals surface area contributed by atoms with Crippen LogP contribution in [0.2, 0.25) is 15.1 Å². The summed E-state index contributed by atoms with van der Waals surface area (Å²) in [6.45, 7) is -0.407. The predicted molar refractivity (Wildman–Crippen MR) is 98.2 cm³/mol. The average molecular weight is 401 g/mol. The lowest BCUT2D eigenvalue weighted by Crippen LogP contribution is -2.39. The lowest BCUT2D eigenvalue weighted by molar-refractivity contribution is -0.136. The number of carbonyl (C=O) groups excluding carboxylic acids is 3. The van der Waals surface area contributed by atoms with Crippen molar-refractivity contribution >= 4 is 63.9 Å². The van der Waals surface area contributed by atoms with E-state index in [4.69, 9.17) is 34.8 Å². The maximum Gasteiger partial charge on any atom is 0.313 e. The Morgan fingerprint density at radius 1 is 0.800 bits per heavy atom. The molecule has 0 saturated carbocycles. The van der Waals surface area contributed by atoms with Crippen molar-refractivity contribution in [1.82, 2.24) is 5.32 Å². The number of carbonyl (C=O) groups is 3. The van der Waals surface area contributed by atoms with E-state index in [2.05, 4.69) is 16.0 Å². The van der Waals surface area contributed by atoms with Crippen LogP contribution in [0.1, 0.15) is 0 Å². The van der Waals surface area contributed by atoms with E-state index in [9.17, 15) is 14.4 Å². The standard InChI is InChI=1S/C16H12Cl3N3O3/c17-9-1-4-11(5-2-9)21-16(25)15(24)20-8-14(23)22-13-7-10(18)3-6-12(13)19/h1-7H,8H2,(H,20,24)(H,21,25)(H,22,23). The Labute approximate surface area is 158 Å². The Hall–Kier alpha value is -2.28. The number of amides is 3. The summed E-state index contributed by atoms with van der Waals surface area (Å²) in [5.74, 6) is -2.42. The van der Waals surface area contributed by atoms with Gasteiger partial charge in [-0.3, -0.25) is 14.4 Å². The molecule has 0 saturated heterocycles. The number of hydrogen-bond acceptors (Lipinski definition) is 3. The molecule has 2 aromatic rings. The molecule has 0 spiro atoms. The van der Waals surface area contributed by atoms with Crippen molar-refractivity contribution in [2.75, 3.05) is 17.2 Å². The molecule has 6 nitrogen and oxygen atoms in total. The van der Waals surface area contributed by atoms with Gasteiger partial charge in [0.05, 0.1) is 17.3 Å². The second kappa shape index (κ2) is 8.71. The quantitative estimate of drug-likeness (QED) is 0.688. The first kappa shape index (κ1) is 19.1. The lowest BCUT2D eigenvalue weighted by atomic mass is 10.3. The molecule has 2 aromatic carbocycles. The normalized spacial score (nSPS) is 10.0. The van der Waals surface area contributed by atoms with E-state index in [1.807, 2.05) is 0 Å². The summed E-state index contributed by atoms with van der Waals surface area (Å²) in [5.41, 5.74) is 0.707. The van der Waals surface area contributed by atoms with E-state index in [0.717, 1.165) is 0 Å². The van der Waals surface area contributed by atoms with Crippen molar-refractivity contribution in [3.8, 4) is 0 Å². The van der Waals surface area contributed by atoms with Crippen LogP contribution in [-0.4, -0.2) is 24.3 Å². The molecule has 0 aromatic heterocycles. The van der Waals surface area contributed by atoms with E-state index in [-0.39, 0.29) is 0 Å². The SMILES string of the molecule is O=C(CNC(=O)C(=O)Nc1ccc(Cl)cc1)Nc1cc(Cl)ccc1Cl. The molecule has 0 fully saturated rings. The van der Waals surface area contributed by atoms with Crippen LogP contribution < -0.4 is 16.0 Å². The molecule has 0 bridgehead atoms. The van der Waals surface area contributed by atoms with Crippen LogP contribution in [0.25, 0.3) is 0 Å². The van der Waals surface area contributed by atoms with Gasteiger partial charge < -0.3 is 16.0 Å².